The number of halogens is 1. The molecule has 0 saturated heterocycles. The van der Waals surface area contributed by atoms with Crippen LogP contribution in [0.25, 0.3) is 0 Å². The molecule has 0 aliphatic rings. The minimum Gasteiger partial charge on any atom is -0.473 e. The third kappa shape index (κ3) is 3.32. The molecule has 2 rings (SSSR count). The molecular weight excluding hydrogens is 242 g/mol. The van der Waals surface area contributed by atoms with E-state index in [2.05, 4.69) is 4.98 Å². The summed E-state index contributed by atoms with van der Waals surface area (Å²) >= 11 is 0. The van der Waals surface area contributed by atoms with Gasteiger partial charge in [-0.1, -0.05) is 25.0 Å². The number of ether oxygens (including phenoxy) is 1. The Bertz CT molecular complexity index is 625. The first-order valence-corrected chi connectivity index (χ1v) is 5.80. The highest BCUT2D eigenvalue weighted by Crippen LogP contribution is 2.13. The molecular formula is C14H11BFN2O. The van der Waals surface area contributed by atoms with E-state index >= 15 is 0 Å². The van der Waals surface area contributed by atoms with Crippen LogP contribution in [0.1, 0.15) is 11.1 Å². The topological polar surface area (TPSA) is 45.9 Å². The van der Waals surface area contributed by atoms with Crippen LogP contribution < -0.4 is 10.3 Å². The lowest BCUT2D eigenvalue weighted by Crippen LogP contribution is -2.15. The predicted molar refractivity (Wildman–Crippen MR) is 70.9 cm³/mol. The molecule has 1 radical (unpaired) electrons. The van der Waals surface area contributed by atoms with Crippen LogP contribution in [0.4, 0.5) is 4.39 Å². The van der Waals surface area contributed by atoms with E-state index in [0.29, 0.717) is 17.0 Å². The number of nitrogens with zero attached hydrogens (tertiary/aromatic N) is 2. The molecule has 0 aliphatic heterocycles. The lowest BCUT2D eigenvalue weighted by Gasteiger charge is -2.07. The molecule has 0 N–H and O–H groups in total. The summed E-state index contributed by atoms with van der Waals surface area (Å²) in [5.74, 6) is -0.00313. The van der Waals surface area contributed by atoms with Gasteiger partial charge in [0.25, 0.3) is 0 Å². The van der Waals surface area contributed by atoms with Crippen LogP contribution in [-0.2, 0) is 6.61 Å². The Kier molecular flexibility index (Phi) is 4.14. The molecule has 0 fully saturated rings. The maximum absolute atomic E-state index is 13.6. The van der Waals surface area contributed by atoms with Crippen molar-refractivity contribution in [3.63, 3.8) is 0 Å². The van der Waals surface area contributed by atoms with E-state index in [-0.39, 0.29) is 6.61 Å². The lowest BCUT2D eigenvalue weighted by molar-refractivity contribution is 0.288. The highest BCUT2D eigenvalue weighted by atomic mass is 19.1. The van der Waals surface area contributed by atoms with Gasteiger partial charge in [0.2, 0.25) is 5.88 Å². The SMILES string of the molecule is C[B]c1cccc(OCc2ccc(C#N)cc2F)n1. The van der Waals surface area contributed by atoms with Crippen molar-refractivity contribution < 1.29 is 9.13 Å². The maximum Gasteiger partial charge on any atom is 0.212 e. The van der Waals surface area contributed by atoms with E-state index < -0.39 is 5.82 Å². The van der Waals surface area contributed by atoms with Crippen molar-refractivity contribution in [1.82, 2.24) is 4.98 Å². The van der Waals surface area contributed by atoms with Gasteiger partial charge in [-0.2, -0.15) is 5.26 Å². The van der Waals surface area contributed by atoms with E-state index in [0.717, 1.165) is 5.59 Å². The minimum atomic E-state index is -0.447. The standard InChI is InChI=1S/C14H11BFN2O/c1-15-13-3-2-4-14(18-13)19-9-11-6-5-10(8-17)7-12(11)16/h2-7H,9H2,1H3. The Morgan fingerprint density at radius 3 is 2.89 bits per heavy atom. The lowest BCUT2D eigenvalue weighted by atomic mass is 9.78. The quantitative estimate of drug-likeness (QED) is 0.783. The molecule has 1 aromatic heterocycles. The van der Waals surface area contributed by atoms with Crippen molar-refractivity contribution in [2.45, 2.75) is 13.4 Å². The highest BCUT2D eigenvalue weighted by molar-refractivity contribution is 6.50. The molecule has 1 aromatic carbocycles. The fourth-order valence-electron chi connectivity index (χ4n) is 1.56. The summed E-state index contributed by atoms with van der Waals surface area (Å²) in [7, 11) is 1.86. The highest BCUT2D eigenvalue weighted by Gasteiger charge is 2.05. The van der Waals surface area contributed by atoms with Gasteiger partial charge in [-0.15, -0.1) is 0 Å². The largest absolute Gasteiger partial charge is 0.473 e. The van der Waals surface area contributed by atoms with E-state index in [4.69, 9.17) is 10.00 Å². The van der Waals surface area contributed by atoms with Gasteiger partial charge in [-0.3, -0.25) is 0 Å². The van der Waals surface area contributed by atoms with E-state index in [1.165, 1.54) is 6.07 Å². The van der Waals surface area contributed by atoms with Crippen LogP contribution in [0.15, 0.2) is 36.4 Å². The van der Waals surface area contributed by atoms with Gasteiger partial charge in [0.15, 0.2) is 7.28 Å². The summed E-state index contributed by atoms with van der Waals surface area (Å²) in [6.45, 7) is 1.96. The van der Waals surface area contributed by atoms with Gasteiger partial charge in [-0.05, 0) is 12.1 Å². The molecule has 0 aliphatic carbocycles. The Morgan fingerprint density at radius 1 is 1.37 bits per heavy atom. The van der Waals surface area contributed by atoms with E-state index in [9.17, 15) is 4.39 Å². The predicted octanol–water partition coefficient (Wildman–Crippen LogP) is 2.05. The average molecular weight is 253 g/mol. The second kappa shape index (κ2) is 6.01. The number of hydrogen-bond acceptors (Lipinski definition) is 3. The second-order valence-electron chi connectivity index (χ2n) is 3.90. The number of nitriles is 1. The Hall–Kier alpha value is -2.35. The smallest absolute Gasteiger partial charge is 0.212 e. The van der Waals surface area contributed by atoms with Crippen molar-refractivity contribution in [3.8, 4) is 11.9 Å². The van der Waals surface area contributed by atoms with Gasteiger partial charge < -0.3 is 4.74 Å². The molecule has 0 saturated carbocycles. The first-order chi connectivity index (χ1) is 9.22. The first-order valence-electron chi connectivity index (χ1n) is 5.80. The molecule has 0 bridgehead atoms. The number of benzene rings is 1. The normalized spacial score (nSPS) is 9.74. The molecule has 2 aromatic rings. The average Bonchev–Trinajstić information content (AvgIpc) is 2.46. The summed E-state index contributed by atoms with van der Waals surface area (Å²) in [5, 5.41) is 8.66. The molecule has 3 nitrogen and oxygen atoms in total. The van der Waals surface area contributed by atoms with Crippen molar-refractivity contribution >= 4 is 12.9 Å². The summed E-state index contributed by atoms with van der Waals surface area (Å²) in [6, 6.07) is 11.6. The second-order valence-corrected chi connectivity index (χ2v) is 3.90. The molecule has 93 valence electrons. The number of pyridine rings is 1. The number of aromatic nitrogens is 1. The fraction of sp³-hybridized carbons (Fsp3) is 0.143. The molecule has 0 atom stereocenters. The molecule has 0 unspecified atom stereocenters. The maximum atomic E-state index is 13.6. The first kappa shape index (κ1) is 13.1. The van der Waals surface area contributed by atoms with Crippen LogP contribution in [0.3, 0.4) is 0 Å². The van der Waals surface area contributed by atoms with Gasteiger partial charge in [0.1, 0.15) is 12.4 Å². The van der Waals surface area contributed by atoms with E-state index in [1.54, 1.807) is 18.2 Å². The van der Waals surface area contributed by atoms with Crippen molar-refractivity contribution in [2.24, 2.45) is 0 Å². The minimum absolute atomic E-state index is 0.0811. The van der Waals surface area contributed by atoms with Crippen LogP contribution in [0.2, 0.25) is 6.82 Å². The third-order valence-corrected chi connectivity index (χ3v) is 2.60. The molecule has 19 heavy (non-hydrogen) atoms. The number of rotatable bonds is 4. The molecule has 1 heterocycles. The van der Waals surface area contributed by atoms with Crippen molar-refractivity contribution in [2.75, 3.05) is 0 Å². The van der Waals surface area contributed by atoms with Crippen LogP contribution in [0, 0.1) is 17.1 Å². The van der Waals surface area contributed by atoms with Crippen LogP contribution >= 0.6 is 0 Å². The Morgan fingerprint density at radius 2 is 2.21 bits per heavy atom. The van der Waals surface area contributed by atoms with Crippen molar-refractivity contribution in [3.05, 3.63) is 53.3 Å². The zero-order valence-electron chi connectivity index (χ0n) is 10.4. The summed E-state index contributed by atoms with van der Waals surface area (Å²) in [5.41, 5.74) is 1.49. The summed E-state index contributed by atoms with van der Waals surface area (Å²) in [6.07, 6.45) is 0. The fourth-order valence-corrected chi connectivity index (χ4v) is 1.56. The number of hydrogen-bond donors (Lipinski definition) is 0. The van der Waals surface area contributed by atoms with Gasteiger partial charge >= 0.3 is 0 Å². The molecule has 0 spiro atoms. The Labute approximate surface area is 111 Å². The van der Waals surface area contributed by atoms with Crippen LogP contribution in [0.5, 0.6) is 5.88 Å². The van der Waals surface area contributed by atoms with Gasteiger partial charge in [-0.25, -0.2) is 9.37 Å². The van der Waals surface area contributed by atoms with E-state index in [1.807, 2.05) is 32.3 Å². The van der Waals surface area contributed by atoms with Crippen molar-refractivity contribution in [1.29, 1.82) is 5.26 Å². The zero-order chi connectivity index (χ0) is 13.7. The zero-order valence-corrected chi connectivity index (χ0v) is 10.4. The molecule has 0 amide bonds. The van der Waals surface area contributed by atoms with Crippen LogP contribution in [-0.4, -0.2) is 12.3 Å². The van der Waals surface area contributed by atoms with Gasteiger partial charge in [0, 0.05) is 17.2 Å². The monoisotopic (exact) mass is 253 g/mol. The third-order valence-electron chi connectivity index (χ3n) is 2.60. The Balaban J connectivity index is 2.08. The summed E-state index contributed by atoms with van der Waals surface area (Å²) in [4.78, 5) is 4.22. The van der Waals surface area contributed by atoms with Gasteiger partial charge in [0.05, 0.1) is 11.6 Å². The molecule has 5 heteroatoms. The summed E-state index contributed by atoms with van der Waals surface area (Å²) < 4.78 is 19.1.